The fourth-order valence-corrected chi connectivity index (χ4v) is 3.29. The first-order valence-electron chi connectivity index (χ1n) is 6.30. The van der Waals surface area contributed by atoms with Gasteiger partial charge in [-0.2, -0.15) is 0 Å². The Morgan fingerprint density at radius 1 is 1.33 bits per heavy atom. The molecule has 1 aliphatic rings. The van der Waals surface area contributed by atoms with Crippen LogP contribution >= 0.6 is 0 Å². The average Bonchev–Trinajstić information content (AvgIpc) is 2.26. The van der Waals surface area contributed by atoms with Crippen LogP contribution in [0.2, 0.25) is 0 Å². The summed E-state index contributed by atoms with van der Waals surface area (Å²) in [6.45, 7) is 7.51. The summed E-state index contributed by atoms with van der Waals surface area (Å²) >= 11 is 0. The van der Waals surface area contributed by atoms with Crippen LogP contribution in [0.3, 0.4) is 0 Å². The van der Waals surface area contributed by atoms with Gasteiger partial charge >= 0.3 is 0 Å². The molecule has 0 aromatic rings. The molecule has 18 heavy (non-hydrogen) atoms. The molecule has 0 aromatic heterocycles. The summed E-state index contributed by atoms with van der Waals surface area (Å²) in [7, 11) is -1.76. The van der Waals surface area contributed by atoms with E-state index in [4.69, 9.17) is 0 Å². The molecule has 108 valence electrons. The van der Waals surface area contributed by atoms with E-state index >= 15 is 0 Å². The van der Waals surface area contributed by atoms with Gasteiger partial charge in [0.2, 0.25) is 10.0 Å². The Morgan fingerprint density at radius 3 is 2.39 bits per heavy atom. The summed E-state index contributed by atoms with van der Waals surface area (Å²) < 4.78 is 25.3. The van der Waals surface area contributed by atoms with Gasteiger partial charge in [-0.15, -0.1) is 0 Å². The van der Waals surface area contributed by atoms with Gasteiger partial charge in [-0.25, -0.2) is 12.7 Å². The van der Waals surface area contributed by atoms with E-state index in [-0.39, 0.29) is 12.3 Å². The molecule has 0 atom stereocenters. The number of sulfonamides is 1. The van der Waals surface area contributed by atoms with Gasteiger partial charge in [0.25, 0.3) is 0 Å². The second-order valence-electron chi connectivity index (χ2n) is 5.48. The van der Waals surface area contributed by atoms with Crippen LogP contribution in [-0.2, 0) is 10.0 Å². The minimum absolute atomic E-state index is 0.111. The number of aliphatic hydroxyl groups is 1. The van der Waals surface area contributed by atoms with Gasteiger partial charge in [0.05, 0.1) is 11.4 Å². The van der Waals surface area contributed by atoms with E-state index < -0.39 is 15.6 Å². The van der Waals surface area contributed by atoms with Crippen molar-refractivity contribution in [1.82, 2.24) is 14.5 Å². The van der Waals surface area contributed by atoms with Gasteiger partial charge in [-0.05, 0) is 13.8 Å². The molecule has 1 rings (SSSR count). The molecule has 1 heterocycles. The van der Waals surface area contributed by atoms with Crippen LogP contribution in [0.4, 0.5) is 0 Å². The smallest absolute Gasteiger partial charge is 0.215 e. The molecule has 0 radical (unpaired) electrons. The van der Waals surface area contributed by atoms with Crippen molar-refractivity contribution in [2.24, 2.45) is 0 Å². The molecule has 0 aromatic carbocycles. The number of rotatable bonds is 6. The highest BCUT2D eigenvalue weighted by Gasteiger charge is 2.25. The minimum Gasteiger partial charge on any atom is -0.389 e. The van der Waals surface area contributed by atoms with Crippen molar-refractivity contribution in [3.05, 3.63) is 0 Å². The Hall–Kier alpha value is -0.210. The number of likely N-dealkylation sites (N-methyl/N-ethyl adjacent to an activating group) is 1. The van der Waals surface area contributed by atoms with Crippen molar-refractivity contribution < 1.29 is 13.5 Å². The van der Waals surface area contributed by atoms with Crippen molar-refractivity contribution in [3.63, 3.8) is 0 Å². The summed E-state index contributed by atoms with van der Waals surface area (Å²) in [5, 5.41) is 12.9. The van der Waals surface area contributed by atoms with Gasteiger partial charge in [0.1, 0.15) is 0 Å². The number of hydrogen-bond acceptors (Lipinski definition) is 5. The highest BCUT2D eigenvalue weighted by atomic mass is 32.2. The van der Waals surface area contributed by atoms with Crippen LogP contribution < -0.4 is 5.32 Å². The summed E-state index contributed by atoms with van der Waals surface area (Å²) in [4.78, 5) is 2.14. The molecule has 0 amide bonds. The molecule has 0 saturated carbocycles. The Kier molecular flexibility index (Phi) is 5.54. The number of nitrogens with zero attached hydrogens (tertiary/aromatic N) is 2. The lowest BCUT2D eigenvalue weighted by Gasteiger charge is -2.29. The molecule has 6 nitrogen and oxygen atoms in total. The van der Waals surface area contributed by atoms with Crippen molar-refractivity contribution in [2.45, 2.75) is 19.4 Å². The molecule has 2 N–H and O–H groups in total. The first kappa shape index (κ1) is 15.8. The molecule has 0 unspecified atom stereocenters. The molecule has 1 saturated heterocycles. The van der Waals surface area contributed by atoms with Crippen LogP contribution in [0, 0.1) is 0 Å². The zero-order chi connectivity index (χ0) is 13.8. The van der Waals surface area contributed by atoms with Crippen molar-refractivity contribution in [3.8, 4) is 0 Å². The van der Waals surface area contributed by atoms with Gasteiger partial charge in [-0.1, -0.05) is 0 Å². The van der Waals surface area contributed by atoms with Gasteiger partial charge < -0.3 is 10.4 Å². The Morgan fingerprint density at radius 2 is 1.89 bits per heavy atom. The summed E-state index contributed by atoms with van der Waals surface area (Å²) in [5.74, 6) is 0.111. The Bertz CT molecular complexity index is 345. The third-order valence-corrected chi connectivity index (χ3v) is 4.74. The number of piperazine rings is 1. The maximum Gasteiger partial charge on any atom is 0.215 e. The van der Waals surface area contributed by atoms with Gasteiger partial charge in [-0.3, -0.25) is 4.90 Å². The van der Waals surface area contributed by atoms with Crippen LogP contribution in [0.1, 0.15) is 13.8 Å². The van der Waals surface area contributed by atoms with E-state index in [1.165, 1.54) is 11.4 Å². The maximum absolute atomic E-state index is 12.0. The van der Waals surface area contributed by atoms with Crippen molar-refractivity contribution >= 4 is 10.0 Å². The average molecular weight is 279 g/mol. The molecule has 1 fully saturated rings. The molecular weight excluding hydrogens is 254 g/mol. The highest BCUT2D eigenvalue weighted by molar-refractivity contribution is 7.89. The molecule has 1 aliphatic heterocycles. The predicted octanol–water partition coefficient (Wildman–Crippen LogP) is -1.08. The zero-order valence-corrected chi connectivity index (χ0v) is 12.3. The van der Waals surface area contributed by atoms with Crippen LogP contribution in [0.15, 0.2) is 0 Å². The highest BCUT2D eigenvalue weighted by Crippen LogP contribution is 2.08. The second-order valence-corrected chi connectivity index (χ2v) is 7.67. The predicted molar refractivity (Wildman–Crippen MR) is 72.0 cm³/mol. The fourth-order valence-electron chi connectivity index (χ4n) is 1.98. The van der Waals surface area contributed by atoms with Crippen LogP contribution in [-0.4, -0.2) is 80.4 Å². The van der Waals surface area contributed by atoms with Crippen LogP contribution in [0.5, 0.6) is 0 Å². The normalized spacial score (nSPS) is 19.4. The van der Waals surface area contributed by atoms with Crippen LogP contribution in [0.25, 0.3) is 0 Å². The standard InChI is InChI=1S/C11H25N3O3S/c1-11(2,15)10-13(3)18(16,17)9-8-14-6-4-12-5-7-14/h12,15H,4-10H2,1-3H3. The van der Waals surface area contributed by atoms with E-state index in [2.05, 4.69) is 10.2 Å². The summed E-state index contributed by atoms with van der Waals surface area (Å²) in [5.41, 5.74) is -1.00. The maximum atomic E-state index is 12.0. The van der Waals surface area contributed by atoms with Crippen molar-refractivity contribution in [2.75, 3.05) is 52.1 Å². The van der Waals surface area contributed by atoms with E-state index in [0.29, 0.717) is 6.54 Å². The van der Waals surface area contributed by atoms with Crippen molar-refractivity contribution in [1.29, 1.82) is 0 Å². The number of hydrogen-bond donors (Lipinski definition) is 2. The fraction of sp³-hybridized carbons (Fsp3) is 1.00. The molecule has 0 bridgehead atoms. The lowest BCUT2D eigenvalue weighted by Crippen LogP contribution is -2.47. The monoisotopic (exact) mass is 279 g/mol. The van der Waals surface area contributed by atoms with Gasteiger partial charge in [0.15, 0.2) is 0 Å². The van der Waals surface area contributed by atoms with E-state index in [1.807, 2.05) is 0 Å². The van der Waals surface area contributed by atoms with E-state index in [0.717, 1.165) is 26.2 Å². The van der Waals surface area contributed by atoms with Gasteiger partial charge in [0, 0.05) is 46.3 Å². The quantitative estimate of drug-likeness (QED) is 0.647. The lowest BCUT2D eigenvalue weighted by molar-refractivity contribution is 0.0639. The zero-order valence-electron chi connectivity index (χ0n) is 11.5. The van der Waals surface area contributed by atoms with E-state index in [1.54, 1.807) is 13.8 Å². The third-order valence-electron chi connectivity index (χ3n) is 2.96. The lowest BCUT2D eigenvalue weighted by atomic mass is 10.1. The molecular formula is C11H25N3O3S. The Balaban J connectivity index is 2.43. The summed E-state index contributed by atoms with van der Waals surface area (Å²) in [6, 6.07) is 0. The minimum atomic E-state index is -3.28. The Labute approximate surface area is 110 Å². The third kappa shape index (κ3) is 5.62. The summed E-state index contributed by atoms with van der Waals surface area (Å²) in [6.07, 6.45) is 0. The second kappa shape index (κ2) is 6.29. The molecule has 0 aliphatic carbocycles. The largest absolute Gasteiger partial charge is 0.389 e. The first-order chi connectivity index (χ1) is 8.21. The topological polar surface area (TPSA) is 72.9 Å². The number of nitrogens with one attached hydrogen (secondary N) is 1. The SMILES string of the molecule is CN(CC(C)(C)O)S(=O)(=O)CCN1CCNCC1. The molecule has 7 heteroatoms. The van der Waals surface area contributed by atoms with E-state index in [9.17, 15) is 13.5 Å². The first-order valence-corrected chi connectivity index (χ1v) is 7.91. The molecule has 0 spiro atoms.